The van der Waals surface area contributed by atoms with Crippen LogP contribution >= 0.6 is 0 Å². The maximum atomic E-state index is 8.42. The number of aliphatic hydroxyl groups is 2. The van der Waals surface area contributed by atoms with Gasteiger partial charge in [-0.15, -0.1) is 0 Å². The van der Waals surface area contributed by atoms with Crippen molar-refractivity contribution < 1.29 is 10.2 Å². The fourth-order valence-electron chi connectivity index (χ4n) is 0.129. The van der Waals surface area contributed by atoms with Crippen molar-refractivity contribution in [3.8, 4) is 0 Å². The van der Waals surface area contributed by atoms with Gasteiger partial charge in [-0.2, -0.15) is 0 Å². The zero-order chi connectivity index (χ0) is 7.70. The van der Waals surface area contributed by atoms with Crippen molar-refractivity contribution in [2.75, 3.05) is 6.61 Å². The lowest BCUT2D eigenvalue weighted by Crippen LogP contribution is -2.08. The van der Waals surface area contributed by atoms with Crippen molar-refractivity contribution in [1.29, 1.82) is 0 Å². The summed E-state index contributed by atoms with van der Waals surface area (Å²) in [5.74, 6) is 0. The molecule has 0 rings (SSSR count). The first-order chi connectivity index (χ1) is 4.22. The van der Waals surface area contributed by atoms with E-state index in [4.69, 9.17) is 10.2 Å². The summed E-state index contributed by atoms with van der Waals surface area (Å²) >= 11 is 0. The third kappa shape index (κ3) is 18.1. The molecule has 0 bridgehead atoms. The molecule has 0 aromatic rings. The van der Waals surface area contributed by atoms with E-state index >= 15 is 0 Å². The number of rotatable bonds is 2. The number of aliphatic hydroxyl groups excluding tert-OH is 2. The van der Waals surface area contributed by atoms with Gasteiger partial charge in [-0.05, 0) is 6.42 Å². The summed E-state index contributed by atoms with van der Waals surface area (Å²) in [7, 11) is 0. The summed E-state index contributed by atoms with van der Waals surface area (Å²) in [5, 5.41) is 16.5. The first kappa shape index (κ1) is 11.7. The zero-order valence-electron chi connectivity index (χ0n) is 6.59. The summed E-state index contributed by atoms with van der Waals surface area (Å²) < 4.78 is 0. The van der Waals surface area contributed by atoms with E-state index in [1.807, 2.05) is 6.92 Å². The Bertz CT molecular complexity index is 33.9. The molecular formula is C7H18O2. The van der Waals surface area contributed by atoms with E-state index < -0.39 is 6.10 Å². The number of hydrogen-bond donors (Lipinski definition) is 2. The predicted molar refractivity (Wildman–Crippen MR) is 39.3 cm³/mol. The Balaban J connectivity index is 0. The monoisotopic (exact) mass is 134 g/mol. The minimum Gasteiger partial charge on any atom is -0.394 e. The smallest absolute Gasteiger partial charge is 0.0768 e. The van der Waals surface area contributed by atoms with Crippen molar-refractivity contribution in [1.82, 2.24) is 0 Å². The van der Waals surface area contributed by atoms with Gasteiger partial charge in [-0.25, -0.2) is 0 Å². The van der Waals surface area contributed by atoms with Gasteiger partial charge >= 0.3 is 0 Å². The maximum absolute atomic E-state index is 8.42. The highest BCUT2D eigenvalue weighted by Crippen LogP contribution is 1.83. The lowest BCUT2D eigenvalue weighted by Gasteiger charge is -1.97. The number of hydrogen-bond acceptors (Lipinski definition) is 2. The fraction of sp³-hybridized carbons (Fsp3) is 1.00. The maximum Gasteiger partial charge on any atom is 0.0768 e. The first-order valence-corrected chi connectivity index (χ1v) is 3.51. The molecule has 58 valence electrons. The molecule has 0 aromatic heterocycles. The molecule has 0 spiro atoms. The minimum absolute atomic E-state index is 0.115. The van der Waals surface area contributed by atoms with E-state index in [0.717, 1.165) is 0 Å². The van der Waals surface area contributed by atoms with Gasteiger partial charge in [0.25, 0.3) is 0 Å². The molecule has 0 aliphatic rings. The lowest BCUT2D eigenvalue weighted by molar-refractivity contribution is 0.0923. The largest absolute Gasteiger partial charge is 0.394 e. The first-order valence-electron chi connectivity index (χ1n) is 3.51. The SMILES string of the molecule is CCC.CCC(O)CO. The highest BCUT2D eigenvalue weighted by Gasteiger charge is 1.92. The van der Waals surface area contributed by atoms with Crippen LogP contribution in [0.1, 0.15) is 33.6 Å². The summed E-state index contributed by atoms with van der Waals surface area (Å²) in [6, 6.07) is 0. The molecule has 1 unspecified atom stereocenters. The lowest BCUT2D eigenvalue weighted by atomic mass is 10.3. The molecule has 9 heavy (non-hydrogen) atoms. The van der Waals surface area contributed by atoms with Gasteiger partial charge in [0, 0.05) is 0 Å². The van der Waals surface area contributed by atoms with Crippen molar-refractivity contribution in [3.05, 3.63) is 0 Å². The summed E-state index contributed by atoms with van der Waals surface area (Å²) in [5.41, 5.74) is 0. The molecule has 0 saturated heterocycles. The van der Waals surface area contributed by atoms with Crippen LogP contribution in [0.25, 0.3) is 0 Å². The van der Waals surface area contributed by atoms with E-state index in [0.29, 0.717) is 6.42 Å². The standard InChI is InChI=1S/C4H10O2.C3H8/c1-2-4(6)3-5;1-3-2/h4-6H,2-3H2,1H3;3H2,1-2H3. The summed E-state index contributed by atoms with van der Waals surface area (Å²) in [6.07, 6.45) is 1.38. The molecular weight excluding hydrogens is 116 g/mol. The normalized spacial score (nSPS) is 11.7. The second kappa shape index (κ2) is 10.8. The zero-order valence-corrected chi connectivity index (χ0v) is 6.59. The Kier molecular flexibility index (Phi) is 14.0. The third-order valence-electron chi connectivity index (χ3n) is 0.682. The molecule has 0 amide bonds. The molecule has 0 aliphatic heterocycles. The summed E-state index contributed by atoms with van der Waals surface area (Å²) in [4.78, 5) is 0. The topological polar surface area (TPSA) is 40.5 Å². The van der Waals surface area contributed by atoms with Crippen molar-refractivity contribution in [2.45, 2.75) is 39.7 Å². The van der Waals surface area contributed by atoms with E-state index in [-0.39, 0.29) is 6.61 Å². The second-order valence-electron chi connectivity index (χ2n) is 1.95. The van der Waals surface area contributed by atoms with Crippen LogP contribution in [0.2, 0.25) is 0 Å². The fourth-order valence-corrected chi connectivity index (χ4v) is 0.129. The van der Waals surface area contributed by atoms with Crippen LogP contribution < -0.4 is 0 Å². The second-order valence-corrected chi connectivity index (χ2v) is 1.95. The Labute approximate surface area is 57.5 Å². The van der Waals surface area contributed by atoms with Crippen molar-refractivity contribution >= 4 is 0 Å². The molecule has 0 heterocycles. The van der Waals surface area contributed by atoms with Gasteiger partial charge in [0.05, 0.1) is 12.7 Å². The predicted octanol–water partition coefficient (Wildman–Crippen LogP) is 1.17. The van der Waals surface area contributed by atoms with Crippen LogP contribution in [0.5, 0.6) is 0 Å². The van der Waals surface area contributed by atoms with Crippen LogP contribution in [0.15, 0.2) is 0 Å². The van der Waals surface area contributed by atoms with E-state index in [2.05, 4.69) is 13.8 Å². The van der Waals surface area contributed by atoms with E-state index in [9.17, 15) is 0 Å². The van der Waals surface area contributed by atoms with Crippen LogP contribution in [-0.4, -0.2) is 22.9 Å². The molecule has 0 fully saturated rings. The molecule has 2 N–H and O–H groups in total. The molecule has 1 atom stereocenters. The highest BCUT2D eigenvalue weighted by atomic mass is 16.3. The van der Waals surface area contributed by atoms with Gasteiger partial charge < -0.3 is 10.2 Å². The molecule has 2 heteroatoms. The highest BCUT2D eigenvalue weighted by molar-refractivity contribution is 4.43. The van der Waals surface area contributed by atoms with Crippen molar-refractivity contribution in [3.63, 3.8) is 0 Å². The molecule has 0 saturated carbocycles. The summed E-state index contributed by atoms with van der Waals surface area (Å²) in [6.45, 7) is 5.96. The van der Waals surface area contributed by atoms with Crippen LogP contribution in [0, 0.1) is 0 Å². The molecule has 0 aromatic carbocycles. The van der Waals surface area contributed by atoms with Gasteiger partial charge in [-0.3, -0.25) is 0 Å². The molecule has 0 radical (unpaired) electrons. The van der Waals surface area contributed by atoms with Gasteiger partial charge in [0.2, 0.25) is 0 Å². The van der Waals surface area contributed by atoms with E-state index in [1.54, 1.807) is 0 Å². The quantitative estimate of drug-likeness (QED) is 0.595. The van der Waals surface area contributed by atoms with Crippen LogP contribution in [-0.2, 0) is 0 Å². The Morgan fingerprint density at radius 1 is 1.22 bits per heavy atom. The van der Waals surface area contributed by atoms with Gasteiger partial charge in [0.15, 0.2) is 0 Å². The minimum atomic E-state index is -0.509. The van der Waals surface area contributed by atoms with Gasteiger partial charge in [0.1, 0.15) is 0 Å². The van der Waals surface area contributed by atoms with Crippen LogP contribution in [0.4, 0.5) is 0 Å². The van der Waals surface area contributed by atoms with Crippen LogP contribution in [0.3, 0.4) is 0 Å². The average Bonchev–Trinajstić information content (AvgIpc) is 1.88. The van der Waals surface area contributed by atoms with Crippen molar-refractivity contribution in [2.24, 2.45) is 0 Å². The van der Waals surface area contributed by atoms with Gasteiger partial charge in [-0.1, -0.05) is 27.2 Å². The Morgan fingerprint density at radius 2 is 1.56 bits per heavy atom. The Hall–Kier alpha value is -0.0800. The molecule has 0 aliphatic carbocycles. The molecule has 2 nitrogen and oxygen atoms in total. The Morgan fingerprint density at radius 3 is 1.56 bits per heavy atom. The van der Waals surface area contributed by atoms with E-state index in [1.165, 1.54) is 6.42 Å². The third-order valence-corrected chi connectivity index (χ3v) is 0.682. The average molecular weight is 134 g/mol.